The number of sulfone groups is 1. The average Bonchev–Trinajstić information content (AvgIpc) is 2.15. The molecule has 1 aromatic carbocycles. The van der Waals surface area contributed by atoms with Crippen molar-refractivity contribution in [2.75, 3.05) is 12.4 Å². The predicted molar refractivity (Wildman–Crippen MR) is 65.7 cm³/mol. The van der Waals surface area contributed by atoms with Gasteiger partial charge in [-0.25, -0.2) is 8.42 Å². The number of benzene rings is 1. The molecule has 0 saturated carbocycles. The van der Waals surface area contributed by atoms with Crippen LogP contribution in [-0.2, 0) is 15.2 Å². The normalized spacial score (nSPS) is 12.6. The van der Waals surface area contributed by atoms with Crippen LogP contribution in [0.4, 0.5) is 0 Å². The number of aliphatic hydroxyl groups excluding tert-OH is 1. The standard InChI is InChI=1S/C10H12B2O4S/c1-7-2-3-8(10(11,12)14)9(6-7)17(15,16)5-4-13/h2-3,6,13-14H,4-5H2,1H3. The molecule has 0 unspecified atom stereocenters. The van der Waals surface area contributed by atoms with E-state index >= 15 is 0 Å². The van der Waals surface area contributed by atoms with Crippen LogP contribution < -0.4 is 0 Å². The van der Waals surface area contributed by atoms with Gasteiger partial charge in [0.25, 0.3) is 0 Å². The van der Waals surface area contributed by atoms with Gasteiger partial charge in [0.05, 0.1) is 17.3 Å². The summed E-state index contributed by atoms with van der Waals surface area (Å²) in [7, 11) is 6.90. The van der Waals surface area contributed by atoms with Gasteiger partial charge in [-0.1, -0.05) is 12.1 Å². The highest BCUT2D eigenvalue weighted by Gasteiger charge is 2.25. The Morgan fingerprint density at radius 1 is 1.35 bits per heavy atom. The lowest BCUT2D eigenvalue weighted by Crippen LogP contribution is -2.29. The van der Waals surface area contributed by atoms with Gasteiger partial charge < -0.3 is 10.2 Å². The Labute approximate surface area is 103 Å². The molecule has 0 saturated heterocycles. The highest BCUT2D eigenvalue weighted by molar-refractivity contribution is 7.91. The molecule has 1 rings (SSSR count). The molecule has 0 bridgehead atoms. The lowest BCUT2D eigenvalue weighted by molar-refractivity contribution is 0.213. The third kappa shape index (κ3) is 3.34. The van der Waals surface area contributed by atoms with E-state index in [0.29, 0.717) is 5.56 Å². The van der Waals surface area contributed by atoms with E-state index < -0.39 is 27.6 Å². The van der Waals surface area contributed by atoms with E-state index in [1.807, 2.05) is 0 Å². The van der Waals surface area contributed by atoms with Gasteiger partial charge in [-0.3, -0.25) is 0 Å². The molecule has 88 valence electrons. The first kappa shape index (κ1) is 14.3. The average molecular weight is 250 g/mol. The van der Waals surface area contributed by atoms with Crippen LogP contribution in [0.1, 0.15) is 11.1 Å². The summed E-state index contributed by atoms with van der Waals surface area (Å²) in [6, 6.07) is 4.32. The van der Waals surface area contributed by atoms with Crippen molar-refractivity contribution in [3.63, 3.8) is 0 Å². The van der Waals surface area contributed by atoms with E-state index in [1.54, 1.807) is 13.0 Å². The summed E-state index contributed by atoms with van der Waals surface area (Å²) in [5.74, 6) is -0.445. The molecule has 4 radical (unpaired) electrons. The van der Waals surface area contributed by atoms with Crippen LogP contribution in [0.2, 0.25) is 0 Å². The van der Waals surface area contributed by atoms with Crippen molar-refractivity contribution < 1.29 is 18.6 Å². The highest BCUT2D eigenvalue weighted by Crippen LogP contribution is 2.25. The van der Waals surface area contributed by atoms with Crippen molar-refractivity contribution in [1.82, 2.24) is 0 Å². The molecule has 0 spiro atoms. The summed E-state index contributed by atoms with van der Waals surface area (Å²) in [4.78, 5) is -0.154. The number of hydrogen-bond acceptors (Lipinski definition) is 4. The van der Waals surface area contributed by atoms with Gasteiger partial charge in [0.15, 0.2) is 9.84 Å². The van der Waals surface area contributed by atoms with Crippen molar-refractivity contribution in [3.8, 4) is 0 Å². The molecule has 0 aliphatic heterocycles. The minimum Gasteiger partial charge on any atom is -0.405 e. The number of rotatable bonds is 4. The molecule has 17 heavy (non-hydrogen) atoms. The minimum atomic E-state index is -3.72. The topological polar surface area (TPSA) is 74.6 Å². The number of aliphatic hydroxyl groups is 2. The van der Waals surface area contributed by atoms with Crippen molar-refractivity contribution in [2.45, 2.75) is 17.2 Å². The van der Waals surface area contributed by atoms with Crippen molar-refractivity contribution in [2.24, 2.45) is 0 Å². The lowest BCUT2D eigenvalue weighted by atomic mass is 9.61. The van der Waals surface area contributed by atoms with Gasteiger partial charge in [-0.15, -0.1) is 0 Å². The second-order valence-electron chi connectivity index (χ2n) is 3.87. The second kappa shape index (κ2) is 4.84. The first-order valence-electron chi connectivity index (χ1n) is 4.93. The Morgan fingerprint density at radius 2 is 1.94 bits per heavy atom. The number of hydrogen-bond donors (Lipinski definition) is 2. The van der Waals surface area contributed by atoms with E-state index in [4.69, 9.17) is 20.8 Å². The molecule has 4 nitrogen and oxygen atoms in total. The second-order valence-corrected chi connectivity index (χ2v) is 5.95. The van der Waals surface area contributed by atoms with Crippen molar-refractivity contribution in [1.29, 1.82) is 0 Å². The van der Waals surface area contributed by atoms with Crippen molar-refractivity contribution in [3.05, 3.63) is 29.3 Å². The van der Waals surface area contributed by atoms with Gasteiger partial charge in [-0.2, -0.15) is 0 Å². The molecule has 0 atom stereocenters. The van der Waals surface area contributed by atoms with E-state index in [0.717, 1.165) is 0 Å². The minimum absolute atomic E-state index is 0.0865. The van der Waals surface area contributed by atoms with Crippen molar-refractivity contribution >= 4 is 25.5 Å². The highest BCUT2D eigenvalue weighted by atomic mass is 32.2. The molecule has 0 aliphatic rings. The third-order valence-corrected chi connectivity index (χ3v) is 3.99. The van der Waals surface area contributed by atoms with Gasteiger partial charge >= 0.3 is 0 Å². The Kier molecular flexibility index (Phi) is 4.06. The fourth-order valence-corrected chi connectivity index (χ4v) is 2.84. The molecule has 0 amide bonds. The Morgan fingerprint density at radius 3 is 2.41 bits per heavy atom. The zero-order valence-corrected chi connectivity index (χ0v) is 10.2. The fraction of sp³-hybridized carbons (Fsp3) is 0.400. The maximum atomic E-state index is 11.9. The van der Waals surface area contributed by atoms with Crippen LogP contribution in [0.25, 0.3) is 0 Å². The smallest absolute Gasteiger partial charge is 0.180 e. The number of aryl methyl sites for hydroxylation is 1. The summed E-state index contributed by atoms with van der Waals surface area (Å²) in [6.45, 7) is 1.19. The molecule has 0 aliphatic carbocycles. The van der Waals surface area contributed by atoms with Crippen LogP contribution in [0.5, 0.6) is 0 Å². The summed E-state index contributed by atoms with van der Waals surface area (Å²) in [6.07, 6.45) is 0. The van der Waals surface area contributed by atoms with E-state index in [1.165, 1.54) is 12.1 Å². The third-order valence-electron chi connectivity index (χ3n) is 2.26. The zero-order valence-electron chi connectivity index (χ0n) is 9.42. The molecule has 1 aromatic rings. The molecule has 7 heteroatoms. The summed E-state index contributed by atoms with van der Waals surface area (Å²) < 4.78 is 23.7. The summed E-state index contributed by atoms with van der Waals surface area (Å²) in [5, 5.41) is 16.0. The zero-order chi connectivity index (χ0) is 13.3. The summed E-state index contributed by atoms with van der Waals surface area (Å²) >= 11 is 0. The van der Waals surface area contributed by atoms with Crippen LogP contribution in [0.15, 0.2) is 23.1 Å². The largest absolute Gasteiger partial charge is 0.405 e. The first-order valence-corrected chi connectivity index (χ1v) is 6.58. The van der Waals surface area contributed by atoms with Gasteiger partial charge in [0.2, 0.25) is 0 Å². The van der Waals surface area contributed by atoms with Crippen LogP contribution in [-0.4, -0.2) is 46.7 Å². The predicted octanol–water partition coefficient (Wildman–Crippen LogP) is -0.799. The molecule has 0 heterocycles. The van der Waals surface area contributed by atoms with E-state index in [-0.39, 0.29) is 10.5 Å². The Hall–Kier alpha value is -0.780. The first-order chi connectivity index (χ1) is 7.68. The molecular weight excluding hydrogens is 238 g/mol. The SMILES string of the molecule is [B]C([B])(O)c1ccc(C)cc1S(=O)(=O)CCO. The molecule has 2 N–H and O–H groups in total. The van der Waals surface area contributed by atoms with Crippen LogP contribution in [0, 0.1) is 6.92 Å². The molecule has 0 fully saturated rings. The summed E-state index contributed by atoms with van der Waals surface area (Å²) in [5.41, 5.74) is 0.603. The van der Waals surface area contributed by atoms with Gasteiger partial charge in [0.1, 0.15) is 15.7 Å². The maximum Gasteiger partial charge on any atom is 0.180 e. The van der Waals surface area contributed by atoms with E-state index in [9.17, 15) is 13.5 Å². The van der Waals surface area contributed by atoms with Crippen LogP contribution >= 0.6 is 0 Å². The van der Waals surface area contributed by atoms with Gasteiger partial charge in [-0.05, 0) is 24.1 Å². The quantitative estimate of drug-likeness (QED) is 0.686. The monoisotopic (exact) mass is 250 g/mol. The fourth-order valence-electron chi connectivity index (χ4n) is 1.45. The maximum absolute atomic E-state index is 11.9. The Bertz CT molecular complexity index is 506. The molecule has 0 aromatic heterocycles. The molecular formula is C10H12B2O4S. The van der Waals surface area contributed by atoms with Gasteiger partial charge in [0, 0.05) is 5.40 Å². The lowest BCUT2D eigenvalue weighted by Gasteiger charge is -2.23. The Balaban J connectivity index is 3.46. The van der Waals surface area contributed by atoms with E-state index in [2.05, 4.69) is 0 Å². The van der Waals surface area contributed by atoms with Crippen LogP contribution in [0.3, 0.4) is 0 Å².